The Morgan fingerprint density at radius 1 is 0.667 bits per heavy atom. The van der Waals surface area contributed by atoms with E-state index >= 15 is 0 Å². The molecule has 0 atom stereocenters. The molecule has 2 N–H and O–H groups in total. The molecule has 0 saturated heterocycles. The van der Waals surface area contributed by atoms with Gasteiger partial charge in [-0.05, 0) is 27.8 Å². The minimum atomic E-state index is 0.546. The smallest absolute Gasteiger partial charge is 0.229 e. The second-order valence-electron chi connectivity index (χ2n) is 5.68. The molecule has 24 heavy (non-hydrogen) atoms. The fourth-order valence-electron chi connectivity index (χ4n) is 1.91. The monoisotopic (exact) mass is 332 g/mol. The first-order valence-electron chi connectivity index (χ1n) is 7.59. The Balaban J connectivity index is 1.88. The van der Waals surface area contributed by atoms with Crippen molar-refractivity contribution >= 4 is 17.8 Å². The van der Waals surface area contributed by atoms with E-state index in [1.54, 1.807) is 0 Å². The summed E-state index contributed by atoms with van der Waals surface area (Å²) in [6.45, 7) is 6.66. The fourth-order valence-corrected chi connectivity index (χ4v) is 1.91. The lowest BCUT2D eigenvalue weighted by atomic mass is 10.6. The molecule has 0 aliphatic carbocycles. The van der Waals surface area contributed by atoms with Gasteiger partial charge in [-0.1, -0.05) is 0 Å². The molecule has 10 nitrogen and oxygen atoms in total. The van der Waals surface area contributed by atoms with Crippen molar-refractivity contribution in [3.05, 3.63) is 17.5 Å². The van der Waals surface area contributed by atoms with Gasteiger partial charge in [-0.25, -0.2) is 4.98 Å². The lowest BCUT2D eigenvalue weighted by Gasteiger charge is -2.19. The molecule has 0 bridgehead atoms. The van der Waals surface area contributed by atoms with Crippen LogP contribution < -0.4 is 15.5 Å². The first-order valence-corrected chi connectivity index (χ1v) is 7.59. The number of anilines is 3. The fraction of sp³-hybridized carbons (Fsp3) is 0.571. The van der Waals surface area contributed by atoms with E-state index in [1.807, 2.05) is 51.7 Å². The molecule has 0 unspecified atom stereocenters. The van der Waals surface area contributed by atoms with E-state index in [4.69, 9.17) is 0 Å². The van der Waals surface area contributed by atoms with Crippen LogP contribution in [0.1, 0.15) is 17.5 Å². The van der Waals surface area contributed by atoms with Gasteiger partial charge in [0.15, 0.2) is 0 Å². The van der Waals surface area contributed by atoms with E-state index in [-0.39, 0.29) is 0 Å². The summed E-state index contributed by atoms with van der Waals surface area (Å²) in [6, 6.07) is 0. The van der Waals surface area contributed by atoms with Gasteiger partial charge in [0.1, 0.15) is 17.5 Å². The van der Waals surface area contributed by atoms with E-state index in [1.165, 1.54) is 0 Å². The number of rotatable bonds is 7. The molecule has 2 aromatic heterocycles. The van der Waals surface area contributed by atoms with Crippen LogP contribution in [-0.2, 0) is 0 Å². The van der Waals surface area contributed by atoms with Crippen LogP contribution in [0, 0.1) is 20.8 Å². The summed E-state index contributed by atoms with van der Waals surface area (Å²) in [4.78, 5) is 29.4. The van der Waals surface area contributed by atoms with Crippen LogP contribution in [-0.4, -0.2) is 69.3 Å². The molecule has 0 aliphatic rings. The molecule has 2 heterocycles. The average Bonchev–Trinajstić information content (AvgIpc) is 2.49. The third kappa shape index (κ3) is 5.23. The lowest BCUT2D eigenvalue weighted by molar-refractivity contribution is 0.382. The maximum Gasteiger partial charge on any atom is 0.229 e. The van der Waals surface area contributed by atoms with Gasteiger partial charge >= 0.3 is 0 Å². The third-order valence-corrected chi connectivity index (χ3v) is 3.01. The zero-order valence-electron chi connectivity index (χ0n) is 15.0. The quantitative estimate of drug-likeness (QED) is 0.692. The number of aryl methyl sites for hydroxylation is 3. The summed E-state index contributed by atoms with van der Waals surface area (Å²) in [5.41, 5.74) is 0. The van der Waals surface area contributed by atoms with Crippen LogP contribution in [0.4, 0.5) is 17.8 Å². The van der Waals surface area contributed by atoms with E-state index in [0.29, 0.717) is 48.7 Å². The first-order chi connectivity index (χ1) is 11.3. The van der Waals surface area contributed by atoms with Crippen molar-refractivity contribution in [2.45, 2.75) is 20.8 Å². The normalized spacial score (nSPS) is 10.8. The molecule has 2 aromatic rings. The van der Waals surface area contributed by atoms with E-state index in [2.05, 4.69) is 40.5 Å². The second kappa shape index (κ2) is 7.77. The Morgan fingerprint density at radius 3 is 1.62 bits per heavy atom. The van der Waals surface area contributed by atoms with Crippen LogP contribution in [0.15, 0.2) is 0 Å². The Kier molecular flexibility index (Phi) is 5.74. The Morgan fingerprint density at radius 2 is 1.12 bits per heavy atom. The van der Waals surface area contributed by atoms with Gasteiger partial charge in [0.05, 0.1) is 13.3 Å². The van der Waals surface area contributed by atoms with E-state index < -0.39 is 0 Å². The van der Waals surface area contributed by atoms with Crippen LogP contribution in [0.5, 0.6) is 0 Å². The highest BCUT2D eigenvalue weighted by Gasteiger charge is 2.07. The van der Waals surface area contributed by atoms with Gasteiger partial charge in [-0.3, -0.25) is 4.90 Å². The lowest BCUT2D eigenvalue weighted by Crippen LogP contribution is -2.31. The van der Waals surface area contributed by atoms with Gasteiger partial charge in [0.2, 0.25) is 17.8 Å². The summed E-state index contributed by atoms with van der Waals surface area (Å²) in [5, 5.41) is 6.35. The van der Waals surface area contributed by atoms with E-state index in [9.17, 15) is 0 Å². The molecule has 0 aromatic carbocycles. The largest absolute Gasteiger partial charge is 0.347 e. The van der Waals surface area contributed by atoms with Crippen LogP contribution in [0.25, 0.3) is 0 Å². The van der Waals surface area contributed by atoms with Gasteiger partial charge in [-0.15, -0.1) is 0 Å². The zero-order valence-corrected chi connectivity index (χ0v) is 15.0. The molecule has 0 spiro atoms. The molecular weight excluding hydrogens is 308 g/mol. The second-order valence-corrected chi connectivity index (χ2v) is 5.68. The number of nitrogens with zero attached hydrogens (tertiary/aromatic N) is 8. The van der Waals surface area contributed by atoms with Crippen molar-refractivity contribution in [3.8, 4) is 0 Å². The van der Waals surface area contributed by atoms with Crippen molar-refractivity contribution in [1.82, 2.24) is 34.8 Å². The predicted octanol–water partition coefficient (Wildman–Crippen LogP) is 0.419. The van der Waals surface area contributed by atoms with Gasteiger partial charge < -0.3 is 15.5 Å². The standard InChI is InChI=1S/C14H24N10/c1-9-17-10(2)19-12(18-9)15-7-24(6)8-16-13-20-11(3)21-14(22-13)23(4)5/h7-8H2,1-6H3,(H,15,17,18,19)(H,16,20,21,22). The molecule has 0 aliphatic heterocycles. The molecular formula is C14H24N10. The Hall–Kier alpha value is -2.62. The van der Waals surface area contributed by atoms with Crippen molar-refractivity contribution in [2.24, 2.45) is 0 Å². The summed E-state index contributed by atoms with van der Waals surface area (Å²) in [6.07, 6.45) is 0. The molecule has 0 radical (unpaired) electrons. The van der Waals surface area contributed by atoms with Crippen LogP contribution in [0.3, 0.4) is 0 Å². The number of hydrogen-bond donors (Lipinski definition) is 2. The van der Waals surface area contributed by atoms with Crippen molar-refractivity contribution < 1.29 is 0 Å². The molecule has 0 saturated carbocycles. The maximum absolute atomic E-state index is 4.36. The predicted molar refractivity (Wildman–Crippen MR) is 92.9 cm³/mol. The minimum Gasteiger partial charge on any atom is -0.347 e. The molecule has 130 valence electrons. The first kappa shape index (κ1) is 17.7. The van der Waals surface area contributed by atoms with Crippen molar-refractivity contribution in [3.63, 3.8) is 0 Å². The number of nitrogens with one attached hydrogen (secondary N) is 2. The minimum absolute atomic E-state index is 0.546. The highest BCUT2D eigenvalue weighted by molar-refractivity contribution is 5.35. The average molecular weight is 332 g/mol. The molecule has 0 fully saturated rings. The summed E-state index contributed by atoms with van der Waals surface area (Å²) in [5.74, 6) is 3.81. The van der Waals surface area contributed by atoms with Gasteiger partial charge in [0.25, 0.3) is 0 Å². The van der Waals surface area contributed by atoms with Crippen molar-refractivity contribution in [2.75, 3.05) is 50.0 Å². The summed E-state index contributed by atoms with van der Waals surface area (Å²) in [7, 11) is 5.75. The van der Waals surface area contributed by atoms with E-state index in [0.717, 1.165) is 0 Å². The molecule has 10 heteroatoms. The number of hydrogen-bond acceptors (Lipinski definition) is 10. The topological polar surface area (TPSA) is 108 Å². The highest BCUT2D eigenvalue weighted by atomic mass is 15.3. The highest BCUT2D eigenvalue weighted by Crippen LogP contribution is 2.07. The van der Waals surface area contributed by atoms with Crippen LogP contribution >= 0.6 is 0 Å². The third-order valence-electron chi connectivity index (χ3n) is 3.01. The molecule has 2 rings (SSSR count). The Labute approximate surface area is 141 Å². The van der Waals surface area contributed by atoms with Gasteiger partial charge in [0, 0.05) is 14.1 Å². The Bertz CT molecular complexity index is 667. The summed E-state index contributed by atoms with van der Waals surface area (Å²) >= 11 is 0. The van der Waals surface area contributed by atoms with Gasteiger partial charge in [-0.2, -0.15) is 24.9 Å². The van der Waals surface area contributed by atoms with Crippen molar-refractivity contribution in [1.29, 1.82) is 0 Å². The molecule has 0 amide bonds. The SMILES string of the molecule is Cc1nc(C)nc(NCN(C)CNc2nc(C)nc(N(C)C)n2)n1. The maximum atomic E-state index is 4.36. The van der Waals surface area contributed by atoms with Crippen LogP contribution in [0.2, 0.25) is 0 Å². The summed E-state index contributed by atoms with van der Waals surface area (Å²) < 4.78 is 0. The number of aromatic nitrogens is 6. The zero-order chi connectivity index (χ0) is 17.7.